The van der Waals surface area contributed by atoms with Gasteiger partial charge in [0.05, 0.1) is 17.5 Å². The fourth-order valence-corrected chi connectivity index (χ4v) is 4.32. The summed E-state index contributed by atoms with van der Waals surface area (Å²) in [5, 5.41) is 1.32. The van der Waals surface area contributed by atoms with Crippen LogP contribution in [-0.2, 0) is 9.59 Å². The van der Waals surface area contributed by atoms with Gasteiger partial charge in [0.15, 0.2) is 0 Å². The van der Waals surface area contributed by atoms with Gasteiger partial charge in [-0.15, -0.1) is 0 Å². The molecule has 27 heavy (non-hydrogen) atoms. The van der Waals surface area contributed by atoms with Crippen molar-refractivity contribution in [3.63, 3.8) is 0 Å². The second-order valence-corrected chi connectivity index (χ2v) is 7.85. The molecule has 0 bridgehead atoms. The van der Waals surface area contributed by atoms with Crippen LogP contribution >= 0.6 is 0 Å². The number of hydrogen-bond acceptors (Lipinski definition) is 3. The zero-order valence-electron chi connectivity index (χ0n) is 15.6. The van der Waals surface area contributed by atoms with Crippen molar-refractivity contribution in [3.8, 4) is 0 Å². The maximum atomic E-state index is 12.9. The van der Waals surface area contributed by atoms with E-state index in [1.54, 1.807) is 24.3 Å². The van der Waals surface area contributed by atoms with Crippen LogP contribution in [0.15, 0.2) is 36.4 Å². The smallest absolute Gasteiger partial charge is 0.253 e. The zero-order chi connectivity index (χ0) is 19.0. The van der Waals surface area contributed by atoms with Crippen LogP contribution in [0.3, 0.4) is 0 Å². The van der Waals surface area contributed by atoms with Gasteiger partial charge < -0.3 is 4.90 Å². The van der Waals surface area contributed by atoms with Crippen LogP contribution in [0.4, 0.5) is 5.69 Å². The summed E-state index contributed by atoms with van der Waals surface area (Å²) in [6.07, 6.45) is 7.27. The molecule has 6 heteroatoms. The fraction of sp³-hybridized carbons (Fsp3) is 0.476. The van der Waals surface area contributed by atoms with E-state index in [-0.39, 0.29) is 29.6 Å². The topological polar surface area (TPSA) is 69.7 Å². The minimum absolute atomic E-state index is 0.0161. The molecule has 4 rings (SSSR count). The third-order valence-corrected chi connectivity index (χ3v) is 5.82. The van der Waals surface area contributed by atoms with Crippen LogP contribution < -0.4 is 10.4 Å². The number of allylic oxidation sites excluding steroid dienone is 2. The normalized spacial score (nSPS) is 28.0. The molecule has 1 aliphatic carbocycles. The van der Waals surface area contributed by atoms with Gasteiger partial charge in [-0.2, -0.15) is 0 Å². The highest BCUT2D eigenvalue weighted by Gasteiger charge is 2.42. The summed E-state index contributed by atoms with van der Waals surface area (Å²) >= 11 is 0. The summed E-state index contributed by atoms with van der Waals surface area (Å²) < 4.78 is 0. The molecule has 6 nitrogen and oxygen atoms in total. The van der Waals surface area contributed by atoms with E-state index in [1.165, 1.54) is 5.01 Å². The molecule has 142 valence electrons. The highest BCUT2D eigenvalue weighted by Crippen LogP contribution is 2.32. The van der Waals surface area contributed by atoms with Crippen LogP contribution in [0.2, 0.25) is 0 Å². The van der Waals surface area contributed by atoms with E-state index in [4.69, 9.17) is 0 Å². The van der Waals surface area contributed by atoms with E-state index >= 15 is 0 Å². The number of amides is 3. The number of rotatable bonds is 2. The lowest BCUT2D eigenvalue weighted by Crippen LogP contribution is -2.59. The Morgan fingerprint density at radius 1 is 1.15 bits per heavy atom. The maximum Gasteiger partial charge on any atom is 0.253 e. The summed E-state index contributed by atoms with van der Waals surface area (Å²) in [6.45, 7) is 3.69. The molecule has 0 spiro atoms. The van der Waals surface area contributed by atoms with Crippen LogP contribution in [0.5, 0.6) is 0 Å². The average Bonchev–Trinajstić information content (AvgIpc) is 2.70. The summed E-state index contributed by atoms with van der Waals surface area (Å²) in [4.78, 5) is 40.1. The van der Waals surface area contributed by atoms with E-state index in [0.29, 0.717) is 30.0 Å². The van der Waals surface area contributed by atoms with Crippen molar-refractivity contribution >= 4 is 23.4 Å². The van der Waals surface area contributed by atoms with Gasteiger partial charge in [-0.1, -0.05) is 25.1 Å². The van der Waals surface area contributed by atoms with Crippen molar-refractivity contribution < 1.29 is 14.4 Å². The molecule has 0 unspecified atom stereocenters. The zero-order valence-corrected chi connectivity index (χ0v) is 15.6. The predicted molar refractivity (Wildman–Crippen MR) is 102 cm³/mol. The third kappa shape index (κ3) is 3.36. The number of carbonyl (C=O) groups excluding carboxylic acids is 3. The lowest BCUT2D eigenvalue weighted by Gasteiger charge is -2.38. The van der Waals surface area contributed by atoms with Crippen LogP contribution in [-0.4, -0.2) is 35.7 Å². The molecule has 1 aromatic rings. The first-order chi connectivity index (χ1) is 13.0. The van der Waals surface area contributed by atoms with Crippen LogP contribution in [0, 0.1) is 17.8 Å². The molecule has 3 aliphatic rings. The van der Waals surface area contributed by atoms with Crippen molar-refractivity contribution in [2.45, 2.75) is 32.6 Å². The van der Waals surface area contributed by atoms with Gasteiger partial charge in [0.1, 0.15) is 0 Å². The van der Waals surface area contributed by atoms with Gasteiger partial charge in [0, 0.05) is 18.7 Å². The summed E-state index contributed by atoms with van der Waals surface area (Å²) in [6, 6.07) is 7.00. The molecule has 3 amide bonds. The number of nitrogens with one attached hydrogen (secondary N) is 1. The quantitative estimate of drug-likeness (QED) is 0.817. The Morgan fingerprint density at radius 3 is 2.70 bits per heavy atom. The molecule has 2 heterocycles. The number of benzene rings is 1. The SMILES string of the molecule is C[C@@H]1CCCN(C(=O)c2cccc(N3NC(=O)[C@@H]4CC=CC[C@H]4C3=O)c2)C1. The van der Waals surface area contributed by atoms with E-state index in [9.17, 15) is 14.4 Å². The molecule has 2 aliphatic heterocycles. The Balaban J connectivity index is 1.57. The largest absolute Gasteiger partial charge is 0.338 e. The number of piperidine rings is 1. The highest BCUT2D eigenvalue weighted by molar-refractivity contribution is 6.05. The number of nitrogens with zero attached hydrogens (tertiary/aromatic N) is 2. The Hall–Kier alpha value is -2.63. The molecule has 1 aromatic carbocycles. The molecule has 2 saturated heterocycles. The second kappa shape index (κ2) is 7.18. The standard InChI is InChI=1S/C21H25N3O3/c1-14-6-5-11-23(13-14)20(26)15-7-4-8-16(12-15)24-21(27)18-10-3-2-9-17(18)19(25)22-24/h2-4,7-8,12,14,17-18H,5-6,9-11,13H2,1H3,(H,22,25)/t14-,17-,18-/m1/s1. The molecule has 2 fully saturated rings. The Morgan fingerprint density at radius 2 is 1.93 bits per heavy atom. The summed E-state index contributed by atoms with van der Waals surface area (Å²) in [5.41, 5.74) is 3.81. The minimum atomic E-state index is -0.328. The number of anilines is 1. The highest BCUT2D eigenvalue weighted by atomic mass is 16.2. The number of hydrazine groups is 1. The van der Waals surface area contributed by atoms with Gasteiger partial charge in [-0.3, -0.25) is 19.8 Å². The second-order valence-electron chi connectivity index (χ2n) is 7.85. The van der Waals surface area contributed by atoms with Crippen LogP contribution in [0.1, 0.15) is 43.0 Å². The van der Waals surface area contributed by atoms with Gasteiger partial charge in [0.2, 0.25) is 11.8 Å². The molecule has 1 N–H and O–H groups in total. The molecule has 3 atom stereocenters. The number of likely N-dealkylation sites (tertiary alicyclic amines) is 1. The number of fused-ring (bicyclic) bond motifs is 1. The first-order valence-corrected chi connectivity index (χ1v) is 9.73. The van der Waals surface area contributed by atoms with E-state index in [1.807, 2.05) is 17.1 Å². The fourth-order valence-electron chi connectivity index (χ4n) is 4.32. The summed E-state index contributed by atoms with van der Waals surface area (Å²) in [7, 11) is 0. The molecular formula is C21H25N3O3. The van der Waals surface area contributed by atoms with Gasteiger partial charge in [-0.25, -0.2) is 5.01 Å². The van der Waals surface area contributed by atoms with Gasteiger partial charge >= 0.3 is 0 Å². The van der Waals surface area contributed by atoms with Crippen molar-refractivity contribution in [2.24, 2.45) is 17.8 Å². The third-order valence-electron chi connectivity index (χ3n) is 5.82. The van der Waals surface area contributed by atoms with Gasteiger partial charge in [0.25, 0.3) is 5.91 Å². The maximum absolute atomic E-state index is 12.9. The average molecular weight is 367 g/mol. The molecule has 0 aromatic heterocycles. The van der Waals surface area contributed by atoms with Crippen molar-refractivity contribution in [1.29, 1.82) is 0 Å². The number of carbonyl (C=O) groups is 3. The Labute approximate surface area is 159 Å². The lowest BCUT2D eigenvalue weighted by molar-refractivity contribution is -0.139. The van der Waals surface area contributed by atoms with E-state index < -0.39 is 0 Å². The number of hydrogen-bond donors (Lipinski definition) is 1. The van der Waals surface area contributed by atoms with Crippen molar-refractivity contribution in [3.05, 3.63) is 42.0 Å². The first-order valence-electron chi connectivity index (χ1n) is 9.73. The Kier molecular flexibility index (Phi) is 4.72. The predicted octanol–water partition coefficient (Wildman–Crippen LogP) is 2.52. The Bertz CT molecular complexity index is 804. The molecule has 0 radical (unpaired) electrons. The first kappa shape index (κ1) is 17.8. The minimum Gasteiger partial charge on any atom is -0.338 e. The lowest BCUT2D eigenvalue weighted by atomic mass is 9.80. The van der Waals surface area contributed by atoms with E-state index in [0.717, 1.165) is 25.9 Å². The summed E-state index contributed by atoms with van der Waals surface area (Å²) in [5.74, 6) is -0.377. The molecular weight excluding hydrogens is 342 g/mol. The molecule has 0 saturated carbocycles. The monoisotopic (exact) mass is 367 g/mol. The van der Waals surface area contributed by atoms with Crippen molar-refractivity contribution in [2.75, 3.05) is 18.1 Å². The van der Waals surface area contributed by atoms with Crippen LogP contribution in [0.25, 0.3) is 0 Å². The van der Waals surface area contributed by atoms with E-state index in [2.05, 4.69) is 12.3 Å². The van der Waals surface area contributed by atoms with Crippen molar-refractivity contribution in [1.82, 2.24) is 10.3 Å². The van der Waals surface area contributed by atoms with Gasteiger partial charge in [-0.05, 0) is 49.8 Å².